The van der Waals surface area contributed by atoms with Crippen LogP contribution in [0.5, 0.6) is 5.75 Å². The van der Waals surface area contributed by atoms with Crippen LogP contribution in [-0.2, 0) is 0 Å². The first-order chi connectivity index (χ1) is 8.56. The predicted octanol–water partition coefficient (Wildman–Crippen LogP) is 1.62. The molecule has 0 atom stereocenters. The lowest BCUT2D eigenvalue weighted by molar-refractivity contribution is 0.0697. The number of anilines is 1. The molecule has 0 radical (unpaired) electrons. The number of hydrogen-bond donors (Lipinski definition) is 3. The summed E-state index contributed by atoms with van der Waals surface area (Å²) in [6.07, 6.45) is 3.88. The lowest BCUT2D eigenvalue weighted by Crippen LogP contribution is -2.31. The molecular formula is C13H18N2O3. The van der Waals surface area contributed by atoms with Gasteiger partial charge in [0.15, 0.2) is 0 Å². The number of benzene rings is 1. The lowest BCUT2D eigenvalue weighted by Gasteiger charge is -2.27. The summed E-state index contributed by atoms with van der Waals surface area (Å²) >= 11 is 0. The number of carboxylic acids is 1. The topological polar surface area (TPSA) is 98.6 Å². The number of carboxylic acid groups (broad SMARTS) is 1. The van der Waals surface area contributed by atoms with Gasteiger partial charge < -0.3 is 21.3 Å². The minimum Gasteiger partial charge on any atom is -0.488 e. The van der Waals surface area contributed by atoms with Crippen molar-refractivity contribution in [3.05, 3.63) is 23.8 Å². The van der Waals surface area contributed by atoms with Crippen LogP contribution in [0.3, 0.4) is 0 Å². The maximum Gasteiger partial charge on any atom is 0.335 e. The van der Waals surface area contributed by atoms with Crippen molar-refractivity contribution < 1.29 is 14.6 Å². The van der Waals surface area contributed by atoms with Gasteiger partial charge in [0.05, 0.1) is 17.4 Å². The molecule has 0 saturated heterocycles. The maximum atomic E-state index is 10.8. The van der Waals surface area contributed by atoms with E-state index in [1.54, 1.807) is 6.07 Å². The number of nitrogen functional groups attached to an aromatic ring is 1. The Morgan fingerprint density at radius 2 is 1.94 bits per heavy atom. The Morgan fingerprint density at radius 1 is 1.28 bits per heavy atom. The van der Waals surface area contributed by atoms with Crippen molar-refractivity contribution in [3.63, 3.8) is 0 Å². The minimum absolute atomic E-state index is 0.128. The first-order valence-electron chi connectivity index (χ1n) is 6.11. The quantitative estimate of drug-likeness (QED) is 0.708. The van der Waals surface area contributed by atoms with Crippen LogP contribution >= 0.6 is 0 Å². The average molecular weight is 250 g/mol. The fourth-order valence-electron chi connectivity index (χ4n) is 2.17. The molecule has 2 rings (SSSR count). The second-order valence-corrected chi connectivity index (χ2v) is 4.71. The first kappa shape index (κ1) is 12.7. The average Bonchev–Trinajstić information content (AvgIpc) is 2.34. The number of hydrogen-bond acceptors (Lipinski definition) is 4. The molecule has 5 nitrogen and oxygen atoms in total. The smallest absolute Gasteiger partial charge is 0.335 e. The van der Waals surface area contributed by atoms with Gasteiger partial charge in [0.2, 0.25) is 0 Å². The van der Waals surface area contributed by atoms with Crippen LogP contribution in [0.4, 0.5) is 5.69 Å². The zero-order valence-electron chi connectivity index (χ0n) is 10.1. The summed E-state index contributed by atoms with van der Waals surface area (Å²) in [5, 5.41) is 8.84. The Labute approximate surface area is 106 Å². The maximum absolute atomic E-state index is 10.8. The number of rotatable bonds is 3. The highest BCUT2D eigenvalue weighted by Crippen LogP contribution is 2.28. The molecule has 1 aliphatic rings. The highest BCUT2D eigenvalue weighted by atomic mass is 16.5. The van der Waals surface area contributed by atoms with E-state index in [-0.39, 0.29) is 17.7 Å². The Balaban J connectivity index is 2.03. The number of aromatic carboxylic acids is 1. The van der Waals surface area contributed by atoms with Gasteiger partial charge in [0.1, 0.15) is 5.75 Å². The van der Waals surface area contributed by atoms with Crippen molar-refractivity contribution >= 4 is 11.7 Å². The predicted molar refractivity (Wildman–Crippen MR) is 68.7 cm³/mol. The minimum atomic E-state index is -0.989. The Kier molecular flexibility index (Phi) is 3.72. The van der Waals surface area contributed by atoms with Crippen molar-refractivity contribution in [1.82, 2.24) is 0 Å². The van der Waals surface area contributed by atoms with Crippen molar-refractivity contribution in [2.45, 2.75) is 37.8 Å². The largest absolute Gasteiger partial charge is 0.488 e. The van der Waals surface area contributed by atoms with Gasteiger partial charge in [-0.15, -0.1) is 0 Å². The summed E-state index contributed by atoms with van der Waals surface area (Å²) in [5.74, 6) is -0.433. The molecule has 1 saturated carbocycles. The van der Waals surface area contributed by atoms with E-state index >= 15 is 0 Å². The van der Waals surface area contributed by atoms with Crippen LogP contribution in [0, 0.1) is 0 Å². The second-order valence-electron chi connectivity index (χ2n) is 4.71. The molecule has 0 amide bonds. The SMILES string of the molecule is Nc1cc(C(=O)O)ccc1OC1CCC(N)CC1. The fourth-order valence-corrected chi connectivity index (χ4v) is 2.17. The van der Waals surface area contributed by atoms with E-state index < -0.39 is 5.97 Å². The molecule has 5 N–H and O–H groups in total. The first-order valence-corrected chi connectivity index (χ1v) is 6.11. The van der Waals surface area contributed by atoms with Crippen LogP contribution in [0.25, 0.3) is 0 Å². The van der Waals surface area contributed by atoms with Crippen LogP contribution < -0.4 is 16.2 Å². The molecule has 1 aliphatic carbocycles. The summed E-state index contributed by atoms with van der Waals surface area (Å²) in [4.78, 5) is 10.8. The van der Waals surface area contributed by atoms with Gasteiger partial charge >= 0.3 is 5.97 Å². The van der Waals surface area contributed by atoms with Gasteiger partial charge in [-0.25, -0.2) is 4.79 Å². The molecule has 1 aromatic rings. The van der Waals surface area contributed by atoms with E-state index in [2.05, 4.69) is 0 Å². The van der Waals surface area contributed by atoms with Crippen molar-refractivity contribution in [2.75, 3.05) is 5.73 Å². The highest BCUT2D eigenvalue weighted by molar-refractivity contribution is 5.89. The van der Waals surface area contributed by atoms with E-state index in [4.69, 9.17) is 21.3 Å². The fraction of sp³-hybridized carbons (Fsp3) is 0.462. The third kappa shape index (κ3) is 2.92. The summed E-state index contributed by atoms with van der Waals surface area (Å²) in [5.41, 5.74) is 12.2. The van der Waals surface area contributed by atoms with Crippen molar-refractivity contribution in [2.24, 2.45) is 5.73 Å². The normalized spacial score (nSPS) is 23.6. The number of nitrogens with two attached hydrogens (primary N) is 2. The lowest BCUT2D eigenvalue weighted by atomic mass is 9.94. The molecule has 1 aromatic carbocycles. The zero-order chi connectivity index (χ0) is 13.1. The van der Waals surface area contributed by atoms with Gasteiger partial charge in [0, 0.05) is 6.04 Å². The van der Waals surface area contributed by atoms with Crippen LogP contribution in [-0.4, -0.2) is 23.2 Å². The van der Waals surface area contributed by atoms with Gasteiger partial charge in [-0.3, -0.25) is 0 Å². The summed E-state index contributed by atoms with van der Waals surface area (Å²) in [6, 6.07) is 4.82. The van der Waals surface area contributed by atoms with Gasteiger partial charge in [-0.2, -0.15) is 0 Å². The zero-order valence-corrected chi connectivity index (χ0v) is 10.1. The van der Waals surface area contributed by atoms with Crippen LogP contribution in [0.1, 0.15) is 36.0 Å². The van der Waals surface area contributed by atoms with Crippen molar-refractivity contribution in [3.8, 4) is 5.75 Å². The molecule has 0 heterocycles. The molecule has 1 fully saturated rings. The van der Waals surface area contributed by atoms with Gasteiger partial charge in [-0.1, -0.05) is 0 Å². The molecule has 0 aromatic heterocycles. The molecule has 0 unspecified atom stereocenters. The van der Waals surface area contributed by atoms with E-state index in [1.807, 2.05) is 0 Å². The third-order valence-corrected chi connectivity index (χ3v) is 3.27. The standard InChI is InChI=1S/C13H18N2O3/c14-9-2-4-10(5-3-9)18-12-6-1-8(13(16)17)7-11(12)15/h1,6-7,9-10H,2-5,14-15H2,(H,16,17). The molecular weight excluding hydrogens is 232 g/mol. The highest BCUT2D eigenvalue weighted by Gasteiger charge is 2.20. The van der Waals surface area contributed by atoms with Crippen LogP contribution in [0.15, 0.2) is 18.2 Å². The monoisotopic (exact) mass is 250 g/mol. The van der Waals surface area contributed by atoms with Crippen molar-refractivity contribution in [1.29, 1.82) is 0 Å². The molecule has 0 spiro atoms. The van der Waals surface area contributed by atoms with Gasteiger partial charge in [0.25, 0.3) is 0 Å². The number of carbonyl (C=O) groups is 1. The van der Waals surface area contributed by atoms with E-state index in [9.17, 15) is 4.79 Å². The molecule has 0 bridgehead atoms. The Bertz CT molecular complexity index is 440. The molecule has 0 aliphatic heterocycles. The summed E-state index contributed by atoms with van der Waals surface area (Å²) in [7, 11) is 0. The van der Waals surface area contributed by atoms with Crippen LogP contribution in [0.2, 0.25) is 0 Å². The summed E-state index contributed by atoms with van der Waals surface area (Å²) < 4.78 is 5.80. The Morgan fingerprint density at radius 3 is 2.50 bits per heavy atom. The van der Waals surface area contributed by atoms with E-state index in [0.29, 0.717) is 11.4 Å². The summed E-state index contributed by atoms with van der Waals surface area (Å²) in [6.45, 7) is 0. The van der Waals surface area contributed by atoms with E-state index in [0.717, 1.165) is 25.7 Å². The third-order valence-electron chi connectivity index (χ3n) is 3.27. The molecule has 5 heteroatoms. The molecule has 18 heavy (non-hydrogen) atoms. The molecule has 98 valence electrons. The number of ether oxygens (including phenoxy) is 1. The van der Waals surface area contributed by atoms with Gasteiger partial charge in [-0.05, 0) is 43.9 Å². The Hall–Kier alpha value is -1.75. The second kappa shape index (κ2) is 5.27. The van der Waals surface area contributed by atoms with E-state index in [1.165, 1.54) is 12.1 Å².